The van der Waals surface area contributed by atoms with Crippen molar-refractivity contribution in [3.05, 3.63) is 11.8 Å². The first kappa shape index (κ1) is 19.3. The Bertz CT molecular complexity index is 754. The normalized spacial score (nSPS) is 22.8. The average Bonchev–Trinajstić information content (AvgIpc) is 3.18. The van der Waals surface area contributed by atoms with E-state index < -0.39 is 25.9 Å². The summed E-state index contributed by atoms with van der Waals surface area (Å²) in [6.07, 6.45) is 3.32. The minimum Gasteiger partial charge on any atom is -0.395 e. The molecule has 8 nitrogen and oxygen atoms in total. The molecular formula is C17H26N2O6S. The van der Waals surface area contributed by atoms with E-state index in [9.17, 15) is 18.3 Å². The van der Waals surface area contributed by atoms with Gasteiger partial charge in [-0.25, -0.2) is 8.42 Å². The molecule has 0 aromatic carbocycles. The Morgan fingerprint density at radius 1 is 1.46 bits per heavy atom. The molecule has 0 spiro atoms. The summed E-state index contributed by atoms with van der Waals surface area (Å²) in [5.74, 6) is -0.724. The van der Waals surface area contributed by atoms with Crippen molar-refractivity contribution in [3.8, 4) is 0 Å². The smallest absolute Gasteiger partial charge is 0.247 e. The number of rotatable bonds is 7. The zero-order valence-corrected chi connectivity index (χ0v) is 16.0. The molecule has 1 amide bonds. The van der Waals surface area contributed by atoms with Crippen LogP contribution in [-0.2, 0) is 24.8 Å². The van der Waals surface area contributed by atoms with Gasteiger partial charge in [0.15, 0.2) is 9.84 Å². The fraction of sp³-hybridized carbons (Fsp3) is 0.765. The van der Waals surface area contributed by atoms with Gasteiger partial charge < -0.3 is 14.4 Å². The lowest BCUT2D eigenvalue weighted by molar-refractivity contribution is -0.118. The summed E-state index contributed by atoms with van der Waals surface area (Å²) in [6, 6.07) is 1.57. The van der Waals surface area contributed by atoms with Crippen LogP contribution in [0, 0.1) is 5.92 Å². The van der Waals surface area contributed by atoms with Crippen molar-refractivity contribution >= 4 is 21.6 Å². The molecule has 1 saturated carbocycles. The van der Waals surface area contributed by atoms with E-state index in [-0.39, 0.29) is 24.2 Å². The fourth-order valence-corrected chi connectivity index (χ4v) is 4.95. The van der Waals surface area contributed by atoms with Crippen molar-refractivity contribution in [1.29, 1.82) is 0 Å². The Morgan fingerprint density at radius 3 is 2.73 bits per heavy atom. The molecule has 1 aromatic heterocycles. The van der Waals surface area contributed by atoms with Crippen molar-refractivity contribution < 1.29 is 27.6 Å². The highest BCUT2D eigenvalue weighted by Crippen LogP contribution is 2.43. The van der Waals surface area contributed by atoms with Gasteiger partial charge in [0.2, 0.25) is 11.8 Å². The van der Waals surface area contributed by atoms with E-state index in [1.54, 1.807) is 6.07 Å². The van der Waals surface area contributed by atoms with Crippen LogP contribution in [0.25, 0.3) is 0 Å². The van der Waals surface area contributed by atoms with E-state index in [1.807, 2.05) is 0 Å². The fourth-order valence-electron chi connectivity index (χ4n) is 3.32. The minimum atomic E-state index is -3.68. The molecule has 2 N–H and O–H groups in total. The maximum atomic E-state index is 12.7. The molecule has 0 radical (unpaired) electrons. The third kappa shape index (κ3) is 3.39. The number of hydrogen-bond acceptors (Lipinski definition) is 7. The van der Waals surface area contributed by atoms with Gasteiger partial charge in [0.1, 0.15) is 4.75 Å². The number of carbonyl (C=O) groups excluding carboxylic acids is 1. The number of hydrogen-bond donors (Lipinski definition) is 2. The lowest BCUT2D eigenvalue weighted by Gasteiger charge is -2.38. The molecule has 1 aromatic rings. The van der Waals surface area contributed by atoms with Crippen molar-refractivity contribution in [2.45, 2.75) is 49.7 Å². The highest BCUT2D eigenvalue weighted by Gasteiger charge is 2.44. The summed E-state index contributed by atoms with van der Waals surface area (Å²) in [6.45, 7) is 3.72. The van der Waals surface area contributed by atoms with E-state index in [0.717, 1.165) is 19.3 Å². The topological polar surface area (TPSA) is 119 Å². The first-order valence-corrected chi connectivity index (χ1v) is 10.5. The van der Waals surface area contributed by atoms with Crippen LogP contribution in [0.4, 0.5) is 5.88 Å². The van der Waals surface area contributed by atoms with Crippen LogP contribution >= 0.6 is 0 Å². The molecular weight excluding hydrogens is 360 g/mol. The zero-order valence-electron chi connectivity index (χ0n) is 15.2. The van der Waals surface area contributed by atoms with E-state index in [1.165, 1.54) is 13.8 Å². The number of sulfone groups is 1. The average molecular weight is 386 g/mol. The van der Waals surface area contributed by atoms with Crippen LogP contribution in [0.15, 0.2) is 10.6 Å². The Labute approximate surface area is 153 Å². The Kier molecular flexibility index (Phi) is 5.15. The number of aromatic nitrogens is 1. The Balaban J connectivity index is 1.69. The maximum Gasteiger partial charge on any atom is 0.247 e. The molecule has 2 heterocycles. The number of anilines is 1. The van der Waals surface area contributed by atoms with Crippen LogP contribution in [-0.4, -0.2) is 54.9 Å². The summed E-state index contributed by atoms with van der Waals surface area (Å²) >= 11 is 0. The van der Waals surface area contributed by atoms with E-state index in [4.69, 9.17) is 9.26 Å². The molecule has 0 unspecified atom stereocenters. The van der Waals surface area contributed by atoms with E-state index in [2.05, 4.69) is 10.5 Å². The summed E-state index contributed by atoms with van der Waals surface area (Å²) in [5.41, 5.74) is 0.182. The standard InChI is InChI=1S/C17H26N2O6S/c1-16(2,26(22,23)10-12-4-7-24-9-12)15(21)18-14-8-13(19-25-14)17(11-20)5-3-6-17/h8,12,20H,3-7,9-11H2,1-2H3,(H,18,21)/t12-/m1/s1. The SMILES string of the molecule is CC(C)(C(=O)Nc1cc(C2(CO)CCC2)no1)S(=O)(=O)C[C@@H]1CCOC1. The molecule has 1 saturated heterocycles. The largest absolute Gasteiger partial charge is 0.395 e. The van der Waals surface area contributed by atoms with Gasteiger partial charge in [0.05, 0.1) is 24.7 Å². The molecule has 1 aliphatic heterocycles. The van der Waals surface area contributed by atoms with Gasteiger partial charge in [-0.1, -0.05) is 11.6 Å². The molecule has 9 heteroatoms. The number of aliphatic hydroxyl groups is 1. The zero-order chi connectivity index (χ0) is 19.0. The highest BCUT2D eigenvalue weighted by atomic mass is 32.2. The summed E-state index contributed by atoms with van der Waals surface area (Å²) in [7, 11) is -3.68. The second-order valence-electron chi connectivity index (χ2n) is 7.84. The molecule has 3 rings (SSSR count). The number of nitrogens with zero attached hydrogens (tertiary/aromatic N) is 1. The van der Waals surface area contributed by atoms with Crippen LogP contribution in [0.2, 0.25) is 0 Å². The number of ether oxygens (including phenoxy) is 1. The number of aliphatic hydroxyl groups excluding tert-OH is 1. The van der Waals surface area contributed by atoms with Gasteiger partial charge in [-0.05, 0) is 39.0 Å². The van der Waals surface area contributed by atoms with Crippen molar-refractivity contribution in [3.63, 3.8) is 0 Å². The van der Waals surface area contributed by atoms with E-state index >= 15 is 0 Å². The number of carbonyl (C=O) groups is 1. The first-order valence-electron chi connectivity index (χ1n) is 8.90. The van der Waals surface area contributed by atoms with Gasteiger partial charge in [-0.2, -0.15) is 0 Å². The number of amides is 1. The van der Waals surface area contributed by atoms with Gasteiger partial charge in [-0.15, -0.1) is 0 Å². The Morgan fingerprint density at radius 2 is 2.19 bits per heavy atom. The Hall–Kier alpha value is -1.45. The quantitative estimate of drug-likeness (QED) is 0.724. The third-order valence-corrected chi connectivity index (χ3v) is 8.36. The van der Waals surface area contributed by atoms with Crippen LogP contribution in [0.3, 0.4) is 0 Å². The molecule has 0 bridgehead atoms. The maximum absolute atomic E-state index is 12.7. The minimum absolute atomic E-state index is 0.0315. The van der Waals surface area contributed by atoms with Crippen LogP contribution < -0.4 is 5.32 Å². The predicted octanol–water partition coefficient (Wildman–Crippen LogP) is 1.26. The van der Waals surface area contributed by atoms with Crippen LogP contribution in [0.5, 0.6) is 0 Å². The van der Waals surface area contributed by atoms with Gasteiger partial charge in [0, 0.05) is 18.1 Å². The molecule has 26 heavy (non-hydrogen) atoms. The molecule has 2 fully saturated rings. The van der Waals surface area contributed by atoms with Gasteiger partial charge >= 0.3 is 0 Å². The summed E-state index contributed by atoms with van der Waals surface area (Å²) < 4.78 is 34.2. The number of nitrogens with one attached hydrogen (secondary N) is 1. The monoisotopic (exact) mass is 386 g/mol. The van der Waals surface area contributed by atoms with E-state index in [0.29, 0.717) is 25.3 Å². The second-order valence-corrected chi connectivity index (χ2v) is 10.4. The lowest BCUT2D eigenvalue weighted by Crippen LogP contribution is -2.46. The molecule has 1 atom stereocenters. The summed E-state index contributed by atoms with van der Waals surface area (Å²) in [5, 5.41) is 16.1. The first-order chi connectivity index (χ1) is 12.2. The van der Waals surface area contributed by atoms with Crippen molar-refractivity contribution in [2.75, 3.05) is 30.9 Å². The van der Waals surface area contributed by atoms with Gasteiger partial charge in [0.25, 0.3) is 0 Å². The third-order valence-electron chi connectivity index (χ3n) is 5.71. The van der Waals surface area contributed by atoms with Crippen molar-refractivity contribution in [2.24, 2.45) is 5.92 Å². The predicted molar refractivity (Wildman–Crippen MR) is 94.5 cm³/mol. The second kappa shape index (κ2) is 6.94. The van der Waals surface area contributed by atoms with Gasteiger partial charge in [-0.3, -0.25) is 10.1 Å². The highest BCUT2D eigenvalue weighted by molar-refractivity contribution is 7.93. The lowest BCUT2D eigenvalue weighted by atomic mass is 9.67. The van der Waals surface area contributed by atoms with Crippen molar-refractivity contribution in [1.82, 2.24) is 5.16 Å². The molecule has 146 valence electrons. The summed E-state index contributed by atoms with van der Waals surface area (Å²) in [4.78, 5) is 12.6. The molecule has 2 aliphatic rings. The van der Waals surface area contributed by atoms with Crippen LogP contribution in [0.1, 0.15) is 45.2 Å². The molecule has 1 aliphatic carbocycles.